The van der Waals surface area contributed by atoms with Crippen LogP contribution in [0.1, 0.15) is 6.42 Å². The van der Waals surface area contributed by atoms with Gasteiger partial charge in [0.15, 0.2) is 11.6 Å². The highest BCUT2D eigenvalue weighted by atomic mass is 19.1. The Morgan fingerprint density at radius 2 is 2.04 bits per heavy atom. The number of amides is 1. The topological polar surface area (TPSA) is 36.0 Å². The smallest absolute Gasteiger partial charge is 0.227 e. The first-order valence-corrected chi connectivity index (χ1v) is 8.46. The molecular formula is C18H28FN3O2. The van der Waals surface area contributed by atoms with Crippen molar-refractivity contribution in [3.05, 3.63) is 30.1 Å². The van der Waals surface area contributed by atoms with E-state index in [4.69, 9.17) is 4.74 Å². The van der Waals surface area contributed by atoms with Crippen LogP contribution in [0.2, 0.25) is 0 Å². The lowest BCUT2D eigenvalue weighted by Crippen LogP contribution is -2.40. The standard InChI is InChI=1S/C18H28FN3O2/c1-20(2)18(23)15-13-21(3)10-11-22(14-15)9-6-12-24-17-8-5-4-7-16(17)19/h4-5,7-8,15H,6,9-14H2,1-3H3/t15-/m1/s1. The number of hydrogen-bond acceptors (Lipinski definition) is 4. The highest BCUT2D eigenvalue weighted by molar-refractivity contribution is 5.78. The third-order valence-electron chi connectivity index (χ3n) is 4.31. The number of benzene rings is 1. The molecule has 1 aromatic carbocycles. The predicted molar refractivity (Wildman–Crippen MR) is 92.6 cm³/mol. The van der Waals surface area contributed by atoms with Crippen molar-refractivity contribution in [1.29, 1.82) is 0 Å². The lowest BCUT2D eigenvalue weighted by Gasteiger charge is -2.25. The van der Waals surface area contributed by atoms with E-state index >= 15 is 0 Å². The molecule has 24 heavy (non-hydrogen) atoms. The fourth-order valence-corrected chi connectivity index (χ4v) is 3.00. The Morgan fingerprint density at radius 1 is 1.29 bits per heavy atom. The van der Waals surface area contributed by atoms with Crippen molar-refractivity contribution in [2.75, 3.05) is 60.5 Å². The largest absolute Gasteiger partial charge is 0.490 e. The Labute approximate surface area is 144 Å². The summed E-state index contributed by atoms with van der Waals surface area (Å²) < 4.78 is 19.0. The number of carbonyl (C=O) groups is 1. The number of para-hydroxylation sites is 1. The summed E-state index contributed by atoms with van der Waals surface area (Å²) in [5, 5.41) is 0. The third-order valence-corrected chi connectivity index (χ3v) is 4.31. The second-order valence-electron chi connectivity index (χ2n) is 6.62. The maximum absolute atomic E-state index is 13.5. The molecule has 1 amide bonds. The Morgan fingerprint density at radius 3 is 2.75 bits per heavy atom. The second-order valence-corrected chi connectivity index (χ2v) is 6.62. The summed E-state index contributed by atoms with van der Waals surface area (Å²) in [5.74, 6) is 0.149. The molecule has 0 radical (unpaired) electrons. The zero-order valence-corrected chi connectivity index (χ0v) is 14.9. The Bertz CT molecular complexity index is 539. The van der Waals surface area contributed by atoms with Gasteiger partial charge in [-0.25, -0.2) is 4.39 Å². The van der Waals surface area contributed by atoms with Gasteiger partial charge in [0.1, 0.15) is 0 Å². The summed E-state index contributed by atoms with van der Waals surface area (Å²) in [6.45, 7) is 4.76. The van der Waals surface area contributed by atoms with Crippen LogP contribution >= 0.6 is 0 Å². The molecule has 1 heterocycles. The summed E-state index contributed by atoms with van der Waals surface area (Å²) >= 11 is 0. The Balaban J connectivity index is 1.80. The fourth-order valence-electron chi connectivity index (χ4n) is 3.00. The van der Waals surface area contributed by atoms with Gasteiger partial charge in [0, 0.05) is 46.8 Å². The van der Waals surface area contributed by atoms with E-state index < -0.39 is 0 Å². The molecule has 1 atom stereocenters. The van der Waals surface area contributed by atoms with Gasteiger partial charge in [0.05, 0.1) is 12.5 Å². The van der Waals surface area contributed by atoms with Crippen LogP contribution in [0, 0.1) is 11.7 Å². The number of hydrogen-bond donors (Lipinski definition) is 0. The van der Waals surface area contributed by atoms with Crippen molar-refractivity contribution in [1.82, 2.24) is 14.7 Å². The molecule has 0 aliphatic carbocycles. The van der Waals surface area contributed by atoms with Gasteiger partial charge < -0.3 is 19.4 Å². The van der Waals surface area contributed by atoms with Crippen molar-refractivity contribution in [2.24, 2.45) is 5.92 Å². The molecule has 1 fully saturated rings. The van der Waals surface area contributed by atoms with Crippen LogP contribution in [-0.4, -0.2) is 81.1 Å². The molecular weight excluding hydrogens is 309 g/mol. The molecule has 0 saturated carbocycles. The minimum Gasteiger partial charge on any atom is -0.490 e. The van der Waals surface area contributed by atoms with Crippen molar-refractivity contribution < 1.29 is 13.9 Å². The molecule has 0 spiro atoms. The summed E-state index contributed by atoms with van der Waals surface area (Å²) in [6, 6.07) is 6.46. The fraction of sp³-hybridized carbons (Fsp3) is 0.611. The van der Waals surface area contributed by atoms with Gasteiger partial charge >= 0.3 is 0 Å². The number of rotatable bonds is 6. The minimum absolute atomic E-state index is 0.0000128. The van der Waals surface area contributed by atoms with Crippen LogP contribution in [0.5, 0.6) is 5.75 Å². The van der Waals surface area contributed by atoms with E-state index in [9.17, 15) is 9.18 Å². The zero-order chi connectivity index (χ0) is 17.5. The molecule has 1 aromatic rings. The zero-order valence-electron chi connectivity index (χ0n) is 14.9. The highest BCUT2D eigenvalue weighted by Gasteiger charge is 2.27. The molecule has 0 N–H and O–H groups in total. The van der Waals surface area contributed by atoms with Gasteiger partial charge in [-0.15, -0.1) is 0 Å². The van der Waals surface area contributed by atoms with E-state index in [1.165, 1.54) is 6.07 Å². The van der Waals surface area contributed by atoms with Gasteiger partial charge in [-0.3, -0.25) is 4.79 Å². The van der Waals surface area contributed by atoms with E-state index in [2.05, 4.69) is 16.8 Å². The van der Waals surface area contributed by atoms with Gasteiger partial charge in [-0.05, 0) is 25.6 Å². The van der Waals surface area contributed by atoms with Crippen LogP contribution in [0.25, 0.3) is 0 Å². The first-order valence-electron chi connectivity index (χ1n) is 8.46. The molecule has 6 heteroatoms. The maximum atomic E-state index is 13.5. The molecule has 1 aliphatic rings. The van der Waals surface area contributed by atoms with Gasteiger partial charge in [-0.2, -0.15) is 0 Å². The number of nitrogens with zero attached hydrogens (tertiary/aromatic N) is 3. The monoisotopic (exact) mass is 337 g/mol. The van der Waals surface area contributed by atoms with Crippen molar-refractivity contribution >= 4 is 5.91 Å². The highest BCUT2D eigenvalue weighted by Crippen LogP contribution is 2.16. The summed E-state index contributed by atoms with van der Waals surface area (Å²) in [6.07, 6.45) is 0.806. The number of likely N-dealkylation sites (N-methyl/N-ethyl adjacent to an activating group) is 1. The second kappa shape index (κ2) is 8.99. The first-order chi connectivity index (χ1) is 11.5. The first kappa shape index (κ1) is 18.7. The molecule has 134 valence electrons. The lowest BCUT2D eigenvalue weighted by molar-refractivity contribution is -0.133. The molecule has 5 nitrogen and oxygen atoms in total. The van der Waals surface area contributed by atoms with E-state index in [-0.39, 0.29) is 17.6 Å². The van der Waals surface area contributed by atoms with Crippen molar-refractivity contribution in [3.63, 3.8) is 0 Å². The van der Waals surface area contributed by atoms with Crippen LogP contribution in [0.15, 0.2) is 24.3 Å². The number of carbonyl (C=O) groups excluding carboxylic acids is 1. The van der Waals surface area contributed by atoms with Crippen LogP contribution in [0.4, 0.5) is 4.39 Å². The molecule has 2 rings (SSSR count). The molecule has 1 saturated heterocycles. The van der Waals surface area contributed by atoms with Gasteiger partial charge in [-0.1, -0.05) is 12.1 Å². The van der Waals surface area contributed by atoms with Crippen molar-refractivity contribution in [3.8, 4) is 5.75 Å². The predicted octanol–water partition coefficient (Wildman–Crippen LogP) is 1.55. The van der Waals surface area contributed by atoms with Gasteiger partial charge in [0.25, 0.3) is 0 Å². The van der Waals surface area contributed by atoms with E-state index in [0.29, 0.717) is 12.4 Å². The normalized spacial score (nSPS) is 19.8. The minimum atomic E-state index is -0.328. The average molecular weight is 337 g/mol. The van der Waals surface area contributed by atoms with Crippen LogP contribution in [-0.2, 0) is 4.79 Å². The maximum Gasteiger partial charge on any atom is 0.227 e. The summed E-state index contributed by atoms with van der Waals surface area (Å²) in [7, 11) is 5.67. The van der Waals surface area contributed by atoms with Gasteiger partial charge in [0.2, 0.25) is 5.91 Å². The quantitative estimate of drug-likeness (QED) is 0.738. The number of halogens is 1. The van der Waals surface area contributed by atoms with Crippen molar-refractivity contribution in [2.45, 2.75) is 6.42 Å². The third kappa shape index (κ3) is 5.46. The Hall–Kier alpha value is -1.66. The Kier molecular flexibility index (Phi) is 6.99. The lowest BCUT2D eigenvalue weighted by atomic mass is 10.1. The molecule has 1 aliphatic heterocycles. The van der Waals surface area contributed by atoms with E-state index in [0.717, 1.165) is 39.1 Å². The van der Waals surface area contributed by atoms with Crippen LogP contribution < -0.4 is 4.74 Å². The van der Waals surface area contributed by atoms with E-state index in [1.54, 1.807) is 37.2 Å². The molecule has 0 aromatic heterocycles. The average Bonchev–Trinajstić information content (AvgIpc) is 2.74. The number of ether oxygens (including phenoxy) is 1. The SMILES string of the molecule is CN1CCN(CCCOc2ccccc2F)C[C@H](C(=O)N(C)C)C1. The summed E-state index contributed by atoms with van der Waals surface area (Å²) in [4.78, 5) is 18.5. The van der Waals surface area contributed by atoms with Crippen LogP contribution in [0.3, 0.4) is 0 Å². The molecule has 0 unspecified atom stereocenters. The van der Waals surface area contributed by atoms with E-state index in [1.807, 2.05) is 0 Å². The summed E-state index contributed by atoms with van der Waals surface area (Å²) in [5.41, 5.74) is 0. The molecule has 0 bridgehead atoms.